The zero-order valence-electron chi connectivity index (χ0n) is 8.00. The average Bonchev–Trinajstić information content (AvgIpc) is 2.26. The highest BCUT2D eigenvalue weighted by atomic mass is 35.5. The predicted molar refractivity (Wildman–Crippen MR) is 50.6 cm³/mol. The summed E-state index contributed by atoms with van der Waals surface area (Å²) in [5.41, 5.74) is -1.34. The zero-order chi connectivity index (χ0) is 12.3. The molecule has 84 valence electrons. The lowest BCUT2D eigenvalue weighted by atomic mass is 10.1. The van der Waals surface area contributed by atoms with E-state index in [-0.39, 0.29) is 11.3 Å². The number of alkyl halides is 2. The fourth-order valence-electron chi connectivity index (χ4n) is 1.09. The molecule has 1 aromatic heterocycles. The molecule has 4 nitrogen and oxygen atoms in total. The van der Waals surface area contributed by atoms with Gasteiger partial charge >= 0.3 is 0 Å². The monoisotopic (exact) mass is 246 g/mol. The fraction of sp³-hybridized carbons (Fsp3) is 0.222. The van der Waals surface area contributed by atoms with Crippen LogP contribution in [0, 0.1) is 11.3 Å². The molecular formula is C9H5ClF2N2O2. The molecule has 0 fully saturated rings. The van der Waals surface area contributed by atoms with Crippen LogP contribution in [0.2, 0.25) is 0 Å². The summed E-state index contributed by atoms with van der Waals surface area (Å²) in [6.07, 6.45) is -2.92. The summed E-state index contributed by atoms with van der Waals surface area (Å²) in [7, 11) is 1.11. The first kappa shape index (κ1) is 12.3. The molecule has 0 saturated heterocycles. The van der Waals surface area contributed by atoms with E-state index in [9.17, 15) is 13.6 Å². The van der Waals surface area contributed by atoms with Gasteiger partial charge < -0.3 is 4.74 Å². The summed E-state index contributed by atoms with van der Waals surface area (Å²) >= 11 is 5.14. The van der Waals surface area contributed by atoms with Crippen molar-refractivity contribution in [1.29, 1.82) is 5.26 Å². The van der Waals surface area contributed by atoms with Crippen LogP contribution < -0.4 is 4.74 Å². The number of hydrogen-bond donors (Lipinski definition) is 0. The number of carbonyl (C=O) groups is 1. The van der Waals surface area contributed by atoms with Crippen molar-refractivity contribution in [2.45, 2.75) is 6.43 Å². The number of hydrogen-bond acceptors (Lipinski definition) is 4. The lowest BCUT2D eigenvalue weighted by molar-refractivity contribution is 0.107. The minimum Gasteiger partial charge on any atom is -0.481 e. The summed E-state index contributed by atoms with van der Waals surface area (Å²) in [6.45, 7) is 0. The molecule has 7 heteroatoms. The lowest BCUT2D eigenvalue weighted by Crippen LogP contribution is -2.04. The van der Waals surface area contributed by atoms with Crippen molar-refractivity contribution in [3.63, 3.8) is 0 Å². The third-order valence-electron chi connectivity index (χ3n) is 1.76. The van der Waals surface area contributed by atoms with Gasteiger partial charge in [0.2, 0.25) is 5.88 Å². The van der Waals surface area contributed by atoms with Crippen LogP contribution in [0.25, 0.3) is 0 Å². The highest BCUT2D eigenvalue weighted by molar-refractivity contribution is 6.67. The Bertz CT molecular complexity index is 471. The van der Waals surface area contributed by atoms with Crippen molar-refractivity contribution in [2.75, 3.05) is 7.11 Å². The Morgan fingerprint density at radius 1 is 1.69 bits per heavy atom. The molecule has 0 aliphatic carbocycles. The minimum absolute atomic E-state index is 0.306. The maximum absolute atomic E-state index is 12.6. The quantitative estimate of drug-likeness (QED) is 0.768. The molecule has 0 N–H and O–H groups in total. The average molecular weight is 247 g/mol. The number of methoxy groups -OCH3 is 1. The molecule has 1 heterocycles. The van der Waals surface area contributed by atoms with Crippen LogP contribution in [-0.2, 0) is 0 Å². The second kappa shape index (κ2) is 4.86. The van der Waals surface area contributed by atoms with Gasteiger partial charge in [-0.1, -0.05) is 0 Å². The van der Waals surface area contributed by atoms with Gasteiger partial charge in [-0.3, -0.25) is 4.79 Å². The van der Waals surface area contributed by atoms with Crippen molar-refractivity contribution in [1.82, 2.24) is 4.98 Å². The van der Waals surface area contributed by atoms with E-state index in [0.717, 1.165) is 13.2 Å². The van der Waals surface area contributed by atoms with Crippen molar-refractivity contribution in [3.8, 4) is 11.9 Å². The molecule has 0 saturated carbocycles. The summed E-state index contributed by atoms with van der Waals surface area (Å²) in [6, 6.07) is 2.44. The maximum Gasteiger partial charge on any atom is 0.271 e. The summed E-state index contributed by atoms with van der Waals surface area (Å²) in [5.74, 6) is -0.474. The second-order valence-electron chi connectivity index (χ2n) is 2.66. The van der Waals surface area contributed by atoms with Gasteiger partial charge in [0.15, 0.2) is 0 Å². The molecule has 1 aromatic rings. The third kappa shape index (κ3) is 2.25. The van der Waals surface area contributed by atoms with Crippen LogP contribution in [-0.4, -0.2) is 17.3 Å². The van der Waals surface area contributed by atoms with Crippen molar-refractivity contribution < 1.29 is 18.3 Å². The summed E-state index contributed by atoms with van der Waals surface area (Å²) in [4.78, 5) is 14.3. The number of nitriles is 1. The lowest BCUT2D eigenvalue weighted by Gasteiger charge is -2.09. The molecule has 0 spiro atoms. The Labute approximate surface area is 94.4 Å². The van der Waals surface area contributed by atoms with E-state index >= 15 is 0 Å². The SMILES string of the molecule is COc1nc(C(=O)Cl)cc(C#N)c1C(F)F. The Morgan fingerprint density at radius 2 is 2.31 bits per heavy atom. The Hall–Kier alpha value is -1.74. The molecular weight excluding hydrogens is 242 g/mol. The molecule has 1 rings (SSSR count). The smallest absolute Gasteiger partial charge is 0.271 e. The van der Waals surface area contributed by atoms with Crippen molar-refractivity contribution in [3.05, 3.63) is 22.9 Å². The van der Waals surface area contributed by atoms with Crippen LogP contribution in [0.3, 0.4) is 0 Å². The number of halogens is 3. The summed E-state index contributed by atoms with van der Waals surface area (Å²) < 4.78 is 29.8. The van der Waals surface area contributed by atoms with Gasteiger partial charge in [0.25, 0.3) is 11.7 Å². The highest BCUT2D eigenvalue weighted by Gasteiger charge is 2.23. The van der Waals surface area contributed by atoms with Gasteiger partial charge in [-0.25, -0.2) is 13.8 Å². The third-order valence-corrected chi connectivity index (χ3v) is 1.95. The second-order valence-corrected chi connectivity index (χ2v) is 3.01. The molecule has 0 radical (unpaired) electrons. The van der Waals surface area contributed by atoms with Gasteiger partial charge in [-0.05, 0) is 17.7 Å². The molecule has 0 amide bonds. The molecule has 16 heavy (non-hydrogen) atoms. The van der Waals surface area contributed by atoms with Crippen LogP contribution >= 0.6 is 11.6 Å². The van der Waals surface area contributed by atoms with Gasteiger partial charge in [0.05, 0.1) is 24.3 Å². The topological polar surface area (TPSA) is 63.0 Å². The first-order valence-corrected chi connectivity index (χ1v) is 4.36. The standard InChI is InChI=1S/C9H5ClF2N2O2/c1-16-9-6(8(11)12)4(3-13)2-5(14-9)7(10)15/h2,8H,1H3. The van der Waals surface area contributed by atoms with Gasteiger partial charge in [-0.2, -0.15) is 5.26 Å². The largest absolute Gasteiger partial charge is 0.481 e. The van der Waals surface area contributed by atoms with Crippen LogP contribution in [0.1, 0.15) is 28.0 Å². The molecule has 0 aromatic carbocycles. The maximum atomic E-state index is 12.6. The fourth-order valence-corrected chi connectivity index (χ4v) is 1.19. The first-order chi connectivity index (χ1) is 7.51. The van der Waals surface area contributed by atoms with Crippen molar-refractivity contribution in [2.24, 2.45) is 0 Å². The van der Waals surface area contributed by atoms with E-state index in [2.05, 4.69) is 9.72 Å². The number of pyridine rings is 1. The Kier molecular flexibility index (Phi) is 3.74. The number of nitrogens with zero attached hydrogens (tertiary/aromatic N) is 2. The minimum atomic E-state index is -2.92. The first-order valence-electron chi connectivity index (χ1n) is 3.98. The number of aromatic nitrogens is 1. The number of rotatable bonds is 3. The predicted octanol–water partition coefficient (Wildman–Crippen LogP) is 2.28. The Morgan fingerprint density at radius 3 is 2.69 bits per heavy atom. The highest BCUT2D eigenvalue weighted by Crippen LogP contribution is 2.31. The van der Waals surface area contributed by atoms with Crippen LogP contribution in [0.15, 0.2) is 6.07 Å². The van der Waals surface area contributed by atoms with E-state index in [0.29, 0.717) is 0 Å². The van der Waals surface area contributed by atoms with Crippen LogP contribution in [0.4, 0.5) is 8.78 Å². The molecule has 0 aliphatic rings. The molecule has 0 bridgehead atoms. The Balaban J connectivity index is 3.51. The van der Waals surface area contributed by atoms with Crippen molar-refractivity contribution >= 4 is 16.8 Å². The molecule has 0 aliphatic heterocycles. The molecule has 0 unspecified atom stereocenters. The number of ether oxygens (including phenoxy) is 1. The zero-order valence-corrected chi connectivity index (χ0v) is 8.76. The van der Waals surface area contributed by atoms with E-state index in [1.165, 1.54) is 6.07 Å². The van der Waals surface area contributed by atoms with Gasteiger partial charge in [0.1, 0.15) is 5.69 Å². The van der Waals surface area contributed by atoms with E-state index in [1.807, 2.05) is 0 Å². The van der Waals surface area contributed by atoms with Gasteiger partial charge in [0, 0.05) is 0 Å². The van der Waals surface area contributed by atoms with Gasteiger partial charge in [-0.15, -0.1) is 0 Å². The number of carbonyl (C=O) groups excluding carboxylic acids is 1. The van der Waals surface area contributed by atoms with E-state index < -0.39 is 23.1 Å². The van der Waals surface area contributed by atoms with E-state index in [1.54, 1.807) is 0 Å². The van der Waals surface area contributed by atoms with Crippen LogP contribution in [0.5, 0.6) is 5.88 Å². The van der Waals surface area contributed by atoms with E-state index in [4.69, 9.17) is 16.9 Å². The normalized spacial score (nSPS) is 10.0. The molecule has 0 atom stereocenters. The summed E-state index contributed by atoms with van der Waals surface area (Å²) in [5, 5.41) is 7.72.